The van der Waals surface area contributed by atoms with Crippen molar-refractivity contribution in [3.8, 4) is 0 Å². The molecule has 0 unspecified atom stereocenters. The van der Waals surface area contributed by atoms with E-state index in [2.05, 4.69) is 55.5 Å². The lowest BCUT2D eigenvalue weighted by Crippen LogP contribution is -2.63. The van der Waals surface area contributed by atoms with Crippen molar-refractivity contribution < 1.29 is 13.6 Å². The molecule has 0 aliphatic heterocycles. The summed E-state index contributed by atoms with van der Waals surface area (Å²) in [4.78, 5) is 0. The first-order chi connectivity index (χ1) is 15.3. The van der Waals surface area contributed by atoms with E-state index in [1.165, 1.54) is 57.8 Å². The summed E-state index contributed by atoms with van der Waals surface area (Å²) in [6, 6.07) is 21.0. The second-order valence-corrected chi connectivity index (χ2v) is 11.2. The van der Waals surface area contributed by atoms with Gasteiger partial charge in [0.05, 0.1) is 13.2 Å². The summed E-state index contributed by atoms with van der Waals surface area (Å²) in [6.07, 6.45) is 13.2. The van der Waals surface area contributed by atoms with Gasteiger partial charge in [-0.05, 0) is 16.8 Å². The smallest absolute Gasteiger partial charge is 0.388 e. The highest BCUT2D eigenvalue weighted by Crippen LogP contribution is 2.14. The zero-order chi connectivity index (χ0) is 22.0. The Hall–Kier alpha value is -1.46. The largest absolute Gasteiger partial charge is 0.407 e. The molecule has 0 aliphatic carbocycles. The highest BCUT2D eigenvalue weighted by molar-refractivity contribution is 6.92. The van der Waals surface area contributed by atoms with E-state index < -0.39 is 8.56 Å². The zero-order valence-corrected chi connectivity index (χ0v) is 20.7. The van der Waals surface area contributed by atoms with Gasteiger partial charge in [-0.3, -0.25) is 0 Å². The van der Waals surface area contributed by atoms with Crippen molar-refractivity contribution in [3.05, 3.63) is 60.7 Å². The molecule has 2 rings (SSSR count). The number of ether oxygens (including phenoxy) is 1. The lowest BCUT2D eigenvalue weighted by Gasteiger charge is -2.31. The zero-order valence-electron chi connectivity index (χ0n) is 19.7. The van der Waals surface area contributed by atoms with Crippen LogP contribution in [0.1, 0.15) is 71.1 Å². The van der Waals surface area contributed by atoms with Crippen molar-refractivity contribution in [2.24, 2.45) is 0 Å². The quantitative estimate of drug-likeness (QED) is 0.214. The summed E-state index contributed by atoms with van der Waals surface area (Å²) in [5, 5.41) is 2.31. The molecular weight excluding hydrogens is 400 g/mol. The molecule has 4 heteroatoms. The van der Waals surface area contributed by atoms with E-state index in [0.717, 1.165) is 23.4 Å². The minimum atomic E-state index is -2.76. The van der Waals surface area contributed by atoms with Crippen LogP contribution >= 0.6 is 0 Å². The summed E-state index contributed by atoms with van der Waals surface area (Å²) in [5.74, 6) is 0. The first-order valence-corrected chi connectivity index (χ1v) is 14.0. The van der Waals surface area contributed by atoms with Crippen molar-refractivity contribution in [1.82, 2.24) is 0 Å². The van der Waals surface area contributed by atoms with Crippen LogP contribution in [-0.4, -0.2) is 35.5 Å². The number of benzene rings is 2. The molecule has 0 radical (unpaired) electrons. The molecule has 0 bridgehead atoms. The van der Waals surface area contributed by atoms with Crippen LogP contribution in [0.3, 0.4) is 0 Å². The second-order valence-electron chi connectivity index (χ2n) is 8.22. The van der Waals surface area contributed by atoms with E-state index in [9.17, 15) is 0 Å². The number of methoxy groups -OCH3 is 1. The Bertz CT molecular complexity index is 623. The molecule has 0 N–H and O–H groups in total. The van der Waals surface area contributed by atoms with Crippen molar-refractivity contribution in [3.63, 3.8) is 0 Å². The van der Waals surface area contributed by atoms with Gasteiger partial charge in [0.25, 0.3) is 0 Å². The Balaban J connectivity index is 1.90. The molecule has 0 fully saturated rings. The molecule has 2 aromatic rings. The maximum atomic E-state index is 6.68. The van der Waals surface area contributed by atoms with E-state index in [4.69, 9.17) is 13.6 Å². The van der Waals surface area contributed by atoms with Crippen molar-refractivity contribution in [1.29, 1.82) is 0 Å². The fraction of sp³-hybridized carbons (Fsp3) is 0.556. The topological polar surface area (TPSA) is 27.7 Å². The Morgan fingerprint density at radius 1 is 0.548 bits per heavy atom. The number of hydrogen-bond donors (Lipinski definition) is 0. The molecule has 172 valence electrons. The van der Waals surface area contributed by atoms with Crippen LogP contribution in [0.15, 0.2) is 60.7 Å². The van der Waals surface area contributed by atoms with Gasteiger partial charge in [-0.2, -0.15) is 0 Å². The van der Waals surface area contributed by atoms with Crippen LogP contribution in [0.25, 0.3) is 0 Å². The van der Waals surface area contributed by atoms with Gasteiger partial charge in [0, 0.05) is 13.7 Å². The summed E-state index contributed by atoms with van der Waals surface area (Å²) in [7, 11) is -1.05. The third-order valence-corrected chi connectivity index (χ3v) is 9.11. The van der Waals surface area contributed by atoms with Crippen LogP contribution in [0.4, 0.5) is 0 Å². The monoisotopic (exact) mass is 442 g/mol. The van der Waals surface area contributed by atoms with Gasteiger partial charge in [-0.25, -0.2) is 0 Å². The normalized spacial score (nSPS) is 11.7. The molecule has 0 saturated heterocycles. The molecule has 0 aliphatic rings. The Kier molecular flexibility index (Phi) is 13.5. The maximum Gasteiger partial charge on any atom is 0.407 e. The van der Waals surface area contributed by atoms with Gasteiger partial charge in [-0.1, -0.05) is 125 Å². The van der Waals surface area contributed by atoms with Gasteiger partial charge in [0.1, 0.15) is 0 Å². The predicted octanol–water partition coefficient (Wildman–Crippen LogP) is 5.84. The van der Waals surface area contributed by atoms with E-state index in [1.54, 1.807) is 7.11 Å². The fourth-order valence-corrected chi connectivity index (χ4v) is 7.08. The van der Waals surface area contributed by atoms with Gasteiger partial charge >= 0.3 is 8.56 Å². The summed E-state index contributed by atoms with van der Waals surface area (Å²) < 4.78 is 18.5. The van der Waals surface area contributed by atoms with Crippen LogP contribution in [0.2, 0.25) is 0 Å². The minimum Gasteiger partial charge on any atom is -0.388 e. The van der Waals surface area contributed by atoms with Crippen LogP contribution in [0.5, 0.6) is 0 Å². The molecule has 31 heavy (non-hydrogen) atoms. The molecule has 2 aromatic carbocycles. The average molecular weight is 443 g/mol. The van der Waals surface area contributed by atoms with E-state index >= 15 is 0 Å². The van der Waals surface area contributed by atoms with Crippen molar-refractivity contribution in [2.45, 2.75) is 71.1 Å². The molecule has 0 aromatic heterocycles. The number of rotatable bonds is 18. The third kappa shape index (κ3) is 9.28. The van der Waals surface area contributed by atoms with Gasteiger partial charge < -0.3 is 13.6 Å². The lowest BCUT2D eigenvalue weighted by atomic mass is 10.1. The molecule has 0 atom stereocenters. The standard InChI is InChI=1S/C27H42O3Si/c1-3-4-5-6-7-8-9-10-11-18-23-29-31(30-25-24-28-2,26-19-14-12-15-20-26)27-21-16-13-17-22-27/h12-17,19-22H,3-11,18,23-25H2,1-2H3. The number of unbranched alkanes of at least 4 members (excludes halogenated alkanes) is 9. The summed E-state index contributed by atoms with van der Waals surface area (Å²) in [5.41, 5.74) is 0. The molecule has 0 spiro atoms. The van der Waals surface area contributed by atoms with Gasteiger partial charge in [-0.15, -0.1) is 0 Å². The molecular formula is C27H42O3Si. The highest BCUT2D eigenvalue weighted by Gasteiger charge is 2.42. The summed E-state index contributed by atoms with van der Waals surface area (Å²) >= 11 is 0. The van der Waals surface area contributed by atoms with Crippen LogP contribution in [-0.2, 0) is 13.6 Å². The second kappa shape index (κ2) is 16.2. The van der Waals surface area contributed by atoms with Crippen LogP contribution in [0, 0.1) is 0 Å². The highest BCUT2D eigenvalue weighted by atomic mass is 28.4. The third-order valence-electron chi connectivity index (χ3n) is 5.70. The minimum absolute atomic E-state index is 0.532. The Labute approximate surface area is 191 Å². The molecule has 0 saturated carbocycles. The Morgan fingerprint density at radius 3 is 1.48 bits per heavy atom. The van der Waals surface area contributed by atoms with Gasteiger partial charge in [0.2, 0.25) is 0 Å². The first-order valence-electron chi connectivity index (χ1n) is 12.2. The first kappa shape index (κ1) is 25.8. The summed E-state index contributed by atoms with van der Waals surface area (Å²) in [6.45, 7) is 4.11. The van der Waals surface area contributed by atoms with E-state index in [0.29, 0.717) is 13.2 Å². The van der Waals surface area contributed by atoms with E-state index in [-0.39, 0.29) is 0 Å². The lowest BCUT2D eigenvalue weighted by molar-refractivity contribution is 0.118. The van der Waals surface area contributed by atoms with Crippen molar-refractivity contribution in [2.75, 3.05) is 26.9 Å². The fourth-order valence-electron chi connectivity index (χ4n) is 3.93. The molecule has 0 heterocycles. The Morgan fingerprint density at radius 2 is 1.00 bits per heavy atom. The number of hydrogen-bond acceptors (Lipinski definition) is 3. The predicted molar refractivity (Wildman–Crippen MR) is 134 cm³/mol. The van der Waals surface area contributed by atoms with Crippen molar-refractivity contribution >= 4 is 18.9 Å². The van der Waals surface area contributed by atoms with Gasteiger partial charge in [0.15, 0.2) is 0 Å². The van der Waals surface area contributed by atoms with Crippen LogP contribution < -0.4 is 10.4 Å². The average Bonchev–Trinajstić information content (AvgIpc) is 2.82. The molecule has 0 amide bonds. The molecule has 3 nitrogen and oxygen atoms in total. The van der Waals surface area contributed by atoms with E-state index in [1.807, 2.05) is 12.1 Å². The maximum absolute atomic E-state index is 6.68. The SMILES string of the molecule is CCCCCCCCCCCCO[Si](OCCOC)(c1ccccc1)c1ccccc1.